The zero-order valence-corrected chi connectivity index (χ0v) is 14.2. The number of amides is 1. The monoisotopic (exact) mass is 340 g/mol. The molecule has 1 atom stereocenters. The van der Waals surface area contributed by atoms with Crippen molar-refractivity contribution in [3.05, 3.63) is 48.3 Å². The summed E-state index contributed by atoms with van der Waals surface area (Å²) in [7, 11) is 0. The van der Waals surface area contributed by atoms with Crippen LogP contribution in [-0.4, -0.2) is 34.6 Å². The second-order valence-electron chi connectivity index (χ2n) is 5.75. The highest BCUT2D eigenvalue weighted by Crippen LogP contribution is 2.31. The van der Waals surface area contributed by atoms with E-state index in [2.05, 4.69) is 27.3 Å². The molecular formula is C18H20N4OS. The van der Waals surface area contributed by atoms with Gasteiger partial charge in [0.25, 0.3) is 0 Å². The van der Waals surface area contributed by atoms with Crippen molar-refractivity contribution in [3.63, 3.8) is 0 Å². The van der Waals surface area contributed by atoms with E-state index in [1.54, 1.807) is 0 Å². The summed E-state index contributed by atoms with van der Waals surface area (Å²) in [5.41, 5.74) is 1.95. The number of thioether (sulfide) groups is 1. The third-order valence-electron chi connectivity index (χ3n) is 4.14. The molecule has 1 aromatic carbocycles. The summed E-state index contributed by atoms with van der Waals surface area (Å²) in [5, 5.41) is 11.7. The van der Waals surface area contributed by atoms with E-state index in [1.165, 1.54) is 17.5 Å². The molecule has 0 radical (unpaired) electrons. The second-order valence-corrected chi connectivity index (χ2v) is 6.76. The second kappa shape index (κ2) is 8.04. The van der Waals surface area contributed by atoms with Crippen LogP contribution < -0.4 is 5.32 Å². The van der Waals surface area contributed by atoms with E-state index in [0.717, 1.165) is 30.0 Å². The normalized spacial score (nSPS) is 17.5. The van der Waals surface area contributed by atoms with Gasteiger partial charge in [0.1, 0.15) is 0 Å². The molecule has 2 N–H and O–H groups in total. The van der Waals surface area contributed by atoms with Crippen molar-refractivity contribution in [1.82, 2.24) is 9.88 Å². The molecule has 124 valence electrons. The molecule has 5 nitrogen and oxygen atoms in total. The van der Waals surface area contributed by atoms with Gasteiger partial charge in [-0.25, -0.2) is 0 Å². The quantitative estimate of drug-likeness (QED) is 0.791. The zero-order chi connectivity index (χ0) is 16.8. The van der Waals surface area contributed by atoms with Crippen LogP contribution in [-0.2, 0) is 4.79 Å². The Kier molecular flexibility index (Phi) is 5.57. The number of hydrogen-bond acceptors (Lipinski definition) is 4. The number of likely N-dealkylation sites (tertiary alicyclic amines) is 1. The molecule has 1 aliphatic rings. The molecule has 2 aromatic rings. The predicted octanol–water partition coefficient (Wildman–Crippen LogP) is 3.41. The average molecular weight is 340 g/mol. The van der Waals surface area contributed by atoms with Gasteiger partial charge in [-0.2, -0.15) is 5.26 Å². The summed E-state index contributed by atoms with van der Waals surface area (Å²) < 4.78 is 0. The van der Waals surface area contributed by atoms with Crippen molar-refractivity contribution >= 4 is 23.4 Å². The van der Waals surface area contributed by atoms with Crippen LogP contribution in [0, 0.1) is 11.3 Å². The van der Waals surface area contributed by atoms with E-state index in [0.29, 0.717) is 12.3 Å². The van der Waals surface area contributed by atoms with Gasteiger partial charge in [0.15, 0.2) is 0 Å². The van der Waals surface area contributed by atoms with E-state index in [9.17, 15) is 4.79 Å². The highest BCUT2D eigenvalue weighted by Gasteiger charge is 2.28. The first kappa shape index (κ1) is 16.6. The van der Waals surface area contributed by atoms with Crippen LogP contribution in [0.4, 0.5) is 5.69 Å². The Morgan fingerprint density at radius 3 is 3.04 bits per heavy atom. The number of carbonyl (C=O) groups is 1. The van der Waals surface area contributed by atoms with Crippen LogP contribution in [0.25, 0.3) is 0 Å². The van der Waals surface area contributed by atoms with Gasteiger partial charge in [-0.1, -0.05) is 12.1 Å². The predicted molar refractivity (Wildman–Crippen MR) is 95.7 cm³/mol. The molecule has 0 spiro atoms. The van der Waals surface area contributed by atoms with Crippen LogP contribution in [0.15, 0.2) is 47.5 Å². The number of hydrogen-bond donors (Lipinski definition) is 2. The summed E-state index contributed by atoms with van der Waals surface area (Å²) in [4.78, 5) is 18.9. The molecule has 1 aromatic heterocycles. The van der Waals surface area contributed by atoms with Gasteiger partial charge in [-0.3, -0.25) is 9.69 Å². The molecule has 6 heteroatoms. The van der Waals surface area contributed by atoms with Crippen molar-refractivity contribution in [2.75, 3.05) is 24.2 Å². The van der Waals surface area contributed by atoms with Crippen LogP contribution in [0.3, 0.4) is 0 Å². The molecule has 1 fully saturated rings. The van der Waals surface area contributed by atoms with Crippen LogP contribution in [0.1, 0.15) is 24.6 Å². The van der Waals surface area contributed by atoms with Gasteiger partial charge in [0.2, 0.25) is 5.91 Å². The maximum Gasteiger partial charge on any atom is 0.238 e. The number of nitrogens with one attached hydrogen (secondary N) is 2. The SMILES string of the molecule is N#CCSc1ccccc1NC(=O)CN1CCC[C@H]1c1ccc[nH]1. The highest BCUT2D eigenvalue weighted by atomic mass is 32.2. The Hall–Kier alpha value is -2.23. The first-order valence-electron chi connectivity index (χ1n) is 8.04. The maximum atomic E-state index is 12.5. The highest BCUT2D eigenvalue weighted by molar-refractivity contribution is 7.99. The van der Waals surface area contributed by atoms with E-state index in [1.807, 2.05) is 36.5 Å². The number of benzene rings is 1. The number of anilines is 1. The van der Waals surface area contributed by atoms with Crippen molar-refractivity contribution in [3.8, 4) is 6.07 Å². The molecule has 0 unspecified atom stereocenters. The molecule has 24 heavy (non-hydrogen) atoms. The first-order valence-corrected chi connectivity index (χ1v) is 9.02. The summed E-state index contributed by atoms with van der Waals surface area (Å²) in [6.07, 6.45) is 4.10. The Balaban J connectivity index is 1.63. The van der Waals surface area contributed by atoms with Crippen molar-refractivity contribution < 1.29 is 4.79 Å². The molecule has 1 aliphatic heterocycles. The lowest BCUT2D eigenvalue weighted by molar-refractivity contribution is -0.117. The lowest BCUT2D eigenvalue weighted by atomic mass is 10.1. The maximum absolute atomic E-state index is 12.5. The van der Waals surface area contributed by atoms with Gasteiger partial charge in [0, 0.05) is 16.8 Å². The van der Waals surface area contributed by atoms with E-state index in [4.69, 9.17) is 5.26 Å². The fourth-order valence-corrected chi connectivity index (χ4v) is 3.77. The fourth-order valence-electron chi connectivity index (χ4n) is 3.10. The fraction of sp³-hybridized carbons (Fsp3) is 0.333. The van der Waals surface area contributed by atoms with Gasteiger partial charge in [-0.15, -0.1) is 11.8 Å². The van der Waals surface area contributed by atoms with Crippen molar-refractivity contribution in [2.45, 2.75) is 23.8 Å². The number of para-hydroxylation sites is 1. The number of aromatic amines is 1. The van der Waals surface area contributed by atoms with Gasteiger partial charge in [-0.05, 0) is 43.7 Å². The Morgan fingerprint density at radius 1 is 1.38 bits per heavy atom. The number of nitriles is 1. The van der Waals surface area contributed by atoms with Gasteiger partial charge >= 0.3 is 0 Å². The standard InChI is InChI=1S/C18H20N4OS/c19-9-12-24-17-8-2-1-5-15(17)21-18(23)13-22-11-4-7-16(22)14-6-3-10-20-14/h1-3,5-6,8,10,16,20H,4,7,11-13H2,(H,21,23)/t16-/m0/s1. The van der Waals surface area contributed by atoms with E-state index < -0.39 is 0 Å². The average Bonchev–Trinajstić information content (AvgIpc) is 3.25. The number of H-pyrrole nitrogens is 1. The molecule has 1 amide bonds. The smallest absolute Gasteiger partial charge is 0.238 e. The third-order valence-corrected chi connectivity index (χ3v) is 5.09. The lowest BCUT2D eigenvalue weighted by Crippen LogP contribution is -2.33. The topological polar surface area (TPSA) is 71.9 Å². The third kappa shape index (κ3) is 3.99. The Morgan fingerprint density at radius 2 is 2.25 bits per heavy atom. The van der Waals surface area contributed by atoms with Crippen molar-refractivity contribution in [2.24, 2.45) is 0 Å². The summed E-state index contributed by atoms with van der Waals surface area (Å²) >= 11 is 1.44. The minimum Gasteiger partial charge on any atom is -0.364 e. The van der Waals surface area contributed by atoms with E-state index in [-0.39, 0.29) is 11.9 Å². The summed E-state index contributed by atoms with van der Waals surface area (Å²) in [5.74, 6) is 0.354. The largest absolute Gasteiger partial charge is 0.364 e. The minimum absolute atomic E-state index is 0.0153. The first-order chi connectivity index (χ1) is 11.8. The zero-order valence-electron chi connectivity index (χ0n) is 13.4. The summed E-state index contributed by atoms with van der Waals surface area (Å²) in [6, 6.07) is 14.1. The summed E-state index contributed by atoms with van der Waals surface area (Å²) in [6.45, 7) is 1.31. The van der Waals surface area contributed by atoms with Crippen LogP contribution in [0.2, 0.25) is 0 Å². The Labute approximate surface area is 146 Å². The van der Waals surface area contributed by atoms with Crippen LogP contribution in [0.5, 0.6) is 0 Å². The number of nitrogens with zero attached hydrogens (tertiary/aromatic N) is 2. The Bertz CT molecular complexity index is 723. The van der Waals surface area contributed by atoms with Crippen molar-refractivity contribution in [1.29, 1.82) is 5.26 Å². The molecule has 1 saturated heterocycles. The number of rotatable bonds is 6. The molecule has 0 saturated carbocycles. The van der Waals surface area contributed by atoms with E-state index >= 15 is 0 Å². The van der Waals surface area contributed by atoms with Crippen LogP contribution >= 0.6 is 11.8 Å². The molecule has 0 bridgehead atoms. The molecule has 3 rings (SSSR count). The molecular weight excluding hydrogens is 320 g/mol. The number of aromatic nitrogens is 1. The van der Waals surface area contributed by atoms with Gasteiger partial charge in [0.05, 0.1) is 30.1 Å². The van der Waals surface area contributed by atoms with Gasteiger partial charge < -0.3 is 10.3 Å². The minimum atomic E-state index is -0.0153. The number of carbonyl (C=O) groups excluding carboxylic acids is 1. The molecule has 0 aliphatic carbocycles. The lowest BCUT2D eigenvalue weighted by Gasteiger charge is -2.23. The molecule has 2 heterocycles.